The summed E-state index contributed by atoms with van der Waals surface area (Å²) in [6, 6.07) is -0.984. The van der Waals surface area contributed by atoms with E-state index < -0.39 is 23.8 Å². The van der Waals surface area contributed by atoms with Crippen molar-refractivity contribution in [3.05, 3.63) is 24.3 Å². The number of unbranched alkanes of at least 4 members (excludes halogenated alkanes) is 1. The van der Waals surface area contributed by atoms with Crippen molar-refractivity contribution in [3.8, 4) is 0 Å². The molecule has 2 heterocycles. The Kier molecular flexibility index (Phi) is 8.10. The maximum atomic E-state index is 12.4. The molecule has 3 N–H and O–H groups in total. The van der Waals surface area contributed by atoms with Crippen molar-refractivity contribution in [3.63, 3.8) is 0 Å². The molecule has 0 spiro atoms. The van der Waals surface area contributed by atoms with Gasteiger partial charge in [-0.05, 0) is 50.9 Å². The van der Waals surface area contributed by atoms with E-state index in [1.165, 1.54) is 17.1 Å². The fourth-order valence-corrected chi connectivity index (χ4v) is 4.07. The predicted octanol–water partition coefficient (Wildman–Crippen LogP) is -0.285. The molecule has 0 bridgehead atoms. The molecule has 0 saturated heterocycles. The van der Waals surface area contributed by atoms with E-state index in [9.17, 15) is 28.8 Å². The molecular formula is C22H28N4O7. The monoisotopic (exact) mass is 460 g/mol. The van der Waals surface area contributed by atoms with Crippen LogP contribution >= 0.6 is 0 Å². The van der Waals surface area contributed by atoms with E-state index in [-0.39, 0.29) is 36.0 Å². The minimum absolute atomic E-state index is 0.0225. The molecule has 3 aliphatic rings. The van der Waals surface area contributed by atoms with Gasteiger partial charge in [0.25, 0.3) is 23.6 Å². The Bertz CT molecular complexity index is 853. The van der Waals surface area contributed by atoms with E-state index in [0.717, 1.165) is 25.0 Å². The molecule has 1 fully saturated rings. The third kappa shape index (κ3) is 6.35. The number of carbonyl (C=O) groups excluding carboxylic acids is 6. The Morgan fingerprint density at radius 2 is 1.52 bits per heavy atom. The summed E-state index contributed by atoms with van der Waals surface area (Å²) >= 11 is 0. The maximum Gasteiger partial charge on any atom is 0.349 e. The Balaban J connectivity index is 1.26. The summed E-state index contributed by atoms with van der Waals surface area (Å²) in [6.07, 6.45) is 8.99. The molecule has 178 valence electrons. The molecular weight excluding hydrogens is 432 g/mol. The molecule has 1 aliphatic carbocycles. The third-order valence-corrected chi connectivity index (χ3v) is 6.05. The number of carbonyl (C=O) groups is 6. The van der Waals surface area contributed by atoms with Crippen LogP contribution in [-0.2, 0) is 33.6 Å². The molecule has 0 aromatic carbocycles. The van der Waals surface area contributed by atoms with Crippen LogP contribution in [0.1, 0.15) is 44.9 Å². The van der Waals surface area contributed by atoms with Gasteiger partial charge in [0.1, 0.15) is 6.04 Å². The van der Waals surface area contributed by atoms with Crippen LogP contribution in [-0.4, -0.2) is 64.6 Å². The van der Waals surface area contributed by atoms with Gasteiger partial charge in [-0.1, -0.05) is 5.06 Å². The lowest BCUT2D eigenvalue weighted by Crippen LogP contribution is -2.40. The van der Waals surface area contributed by atoms with Crippen LogP contribution in [0.3, 0.4) is 0 Å². The van der Waals surface area contributed by atoms with Crippen molar-refractivity contribution in [2.75, 3.05) is 13.1 Å². The van der Waals surface area contributed by atoms with Gasteiger partial charge < -0.3 is 15.9 Å². The molecule has 0 aromatic rings. The average Bonchev–Trinajstić information content (AvgIpc) is 3.29. The van der Waals surface area contributed by atoms with Crippen molar-refractivity contribution >= 4 is 35.5 Å². The number of nitrogens with two attached hydrogens (primary N) is 1. The normalized spacial score (nSPS) is 23.4. The molecule has 33 heavy (non-hydrogen) atoms. The lowest BCUT2D eigenvalue weighted by atomic mass is 9.81. The number of hydrogen-bond acceptors (Lipinski definition) is 8. The van der Waals surface area contributed by atoms with Crippen molar-refractivity contribution in [2.45, 2.75) is 51.0 Å². The number of nitrogens with zero attached hydrogens (tertiary/aromatic N) is 2. The average molecular weight is 460 g/mol. The summed E-state index contributed by atoms with van der Waals surface area (Å²) in [5.41, 5.74) is 5.75. The molecule has 5 amide bonds. The van der Waals surface area contributed by atoms with Crippen LogP contribution in [0.2, 0.25) is 0 Å². The van der Waals surface area contributed by atoms with Gasteiger partial charge in [0.05, 0.1) is 0 Å². The van der Waals surface area contributed by atoms with E-state index in [4.69, 9.17) is 10.6 Å². The Labute approximate surface area is 190 Å². The molecule has 0 radical (unpaired) electrons. The molecule has 0 unspecified atom stereocenters. The van der Waals surface area contributed by atoms with Crippen molar-refractivity contribution < 1.29 is 33.6 Å². The SMILES string of the molecule is N[C@@H](CCCCNC(=O)C1CCC(CN2C(=O)C=CC2=O)CC1)C(=O)ON1C(=O)C=CC1=O. The van der Waals surface area contributed by atoms with Crippen molar-refractivity contribution in [1.82, 2.24) is 15.3 Å². The van der Waals surface area contributed by atoms with Gasteiger partial charge in [-0.25, -0.2) is 4.79 Å². The maximum absolute atomic E-state index is 12.4. The highest BCUT2D eigenvalue weighted by molar-refractivity contribution is 6.13. The lowest BCUT2D eigenvalue weighted by molar-refractivity contribution is -0.197. The number of amides is 5. The highest BCUT2D eigenvalue weighted by Crippen LogP contribution is 2.30. The number of nitrogens with one attached hydrogen (secondary N) is 1. The first-order valence-electron chi connectivity index (χ1n) is 11.1. The first-order chi connectivity index (χ1) is 15.8. The van der Waals surface area contributed by atoms with Crippen molar-refractivity contribution in [1.29, 1.82) is 0 Å². The molecule has 1 atom stereocenters. The topological polar surface area (TPSA) is 156 Å². The van der Waals surface area contributed by atoms with E-state index >= 15 is 0 Å². The zero-order valence-electron chi connectivity index (χ0n) is 18.2. The van der Waals surface area contributed by atoms with Gasteiger partial charge in [0, 0.05) is 43.3 Å². The largest absolute Gasteiger partial charge is 0.356 e. The van der Waals surface area contributed by atoms with Gasteiger partial charge in [-0.15, -0.1) is 0 Å². The first kappa shape index (κ1) is 24.3. The molecule has 2 aliphatic heterocycles. The van der Waals surface area contributed by atoms with Gasteiger partial charge >= 0.3 is 5.97 Å². The van der Waals surface area contributed by atoms with E-state index in [1.807, 2.05) is 0 Å². The molecule has 3 rings (SSSR count). The number of rotatable bonds is 10. The van der Waals surface area contributed by atoms with Crippen LogP contribution in [0.15, 0.2) is 24.3 Å². The number of hydroxylamine groups is 2. The summed E-state index contributed by atoms with van der Waals surface area (Å²) < 4.78 is 0. The first-order valence-corrected chi connectivity index (χ1v) is 11.1. The van der Waals surface area contributed by atoms with E-state index in [2.05, 4.69) is 5.32 Å². The standard InChI is InChI=1S/C22H28N4O7/c23-16(22(32)33-26-19(29)10-11-20(26)30)3-1-2-12-24-21(31)15-6-4-14(5-7-15)13-25-17(27)8-9-18(25)28/h8-11,14-16H,1-7,12-13,23H2,(H,24,31)/t14?,15?,16-/m0/s1. The quantitative estimate of drug-likeness (QED) is 0.333. The third-order valence-electron chi connectivity index (χ3n) is 6.05. The van der Waals surface area contributed by atoms with Crippen LogP contribution in [0.5, 0.6) is 0 Å². The Hall–Kier alpha value is -3.34. The summed E-state index contributed by atoms with van der Waals surface area (Å²) in [7, 11) is 0. The molecule has 11 heteroatoms. The van der Waals surface area contributed by atoms with Gasteiger partial charge in [-0.2, -0.15) is 0 Å². The smallest absolute Gasteiger partial charge is 0.349 e. The zero-order chi connectivity index (χ0) is 24.0. The van der Waals surface area contributed by atoms with Gasteiger partial charge in [-0.3, -0.25) is 28.9 Å². The highest BCUT2D eigenvalue weighted by Gasteiger charge is 2.32. The summed E-state index contributed by atoms with van der Waals surface area (Å²) in [6.45, 7) is 0.842. The molecule has 0 aromatic heterocycles. The summed E-state index contributed by atoms with van der Waals surface area (Å²) in [5, 5.41) is 3.27. The van der Waals surface area contributed by atoms with Crippen LogP contribution in [0.25, 0.3) is 0 Å². The van der Waals surface area contributed by atoms with E-state index in [0.29, 0.717) is 43.8 Å². The predicted molar refractivity (Wildman–Crippen MR) is 113 cm³/mol. The minimum Gasteiger partial charge on any atom is -0.356 e. The van der Waals surface area contributed by atoms with Crippen molar-refractivity contribution in [2.24, 2.45) is 17.6 Å². The fraction of sp³-hybridized carbons (Fsp3) is 0.545. The highest BCUT2D eigenvalue weighted by atomic mass is 16.7. The van der Waals surface area contributed by atoms with Crippen LogP contribution < -0.4 is 11.1 Å². The number of imide groups is 2. The fourth-order valence-electron chi connectivity index (χ4n) is 4.07. The minimum atomic E-state index is -0.984. The Morgan fingerprint density at radius 1 is 0.939 bits per heavy atom. The summed E-state index contributed by atoms with van der Waals surface area (Å²) in [5.74, 6) is -2.78. The summed E-state index contributed by atoms with van der Waals surface area (Å²) in [4.78, 5) is 76.4. The second-order valence-corrected chi connectivity index (χ2v) is 8.45. The second kappa shape index (κ2) is 11.0. The zero-order valence-corrected chi connectivity index (χ0v) is 18.2. The number of hydrogen-bond donors (Lipinski definition) is 2. The van der Waals surface area contributed by atoms with Gasteiger partial charge in [0.2, 0.25) is 5.91 Å². The van der Waals surface area contributed by atoms with Crippen LogP contribution in [0, 0.1) is 11.8 Å². The lowest BCUT2D eigenvalue weighted by Gasteiger charge is -2.30. The van der Waals surface area contributed by atoms with Gasteiger partial charge in [0.15, 0.2) is 0 Å². The van der Waals surface area contributed by atoms with E-state index in [1.54, 1.807) is 0 Å². The second-order valence-electron chi connectivity index (χ2n) is 8.45. The van der Waals surface area contributed by atoms with Crippen LogP contribution in [0.4, 0.5) is 0 Å². The molecule has 1 saturated carbocycles. The Morgan fingerprint density at radius 3 is 2.12 bits per heavy atom. The molecule has 11 nitrogen and oxygen atoms in total.